The van der Waals surface area contributed by atoms with Crippen molar-refractivity contribution in [2.24, 2.45) is 11.7 Å². The Morgan fingerprint density at radius 1 is 1.21 bits per heavy atom. The zero-order valence-corrected chi connectivity index (χ0v) is 14.0. The second kappa shape index (κ2) is 9.67. The van der Waals surface area contributed by atoms with Crippen LogP contribution in [0, 0.1) is 5.92 Å². The highest BCUT2D eigenvalue weighted by Crippen LogP contribution is 2.12. The summed E-state index contributed by atoms with van der Waals surface area (Å²) >= 11 is 0. The lowest BCUT2D eigenvalue weighted by Gasteiger charge is -2.19. The van der Waals surface area contributed by atoms with Crippen LogP contribution in [0.5, 0.6) is 0 Å². The summed E-state index contributed by atoms with van der Waals surface area (Å²) in [4.78, 5) is 35.3. The predicted molar refractivity (Wildman–Crippen MR) is 89.6 cm³/mol. The lowest BCUT2D eigenvalue weighted by molar-refractivity contribution is -0.134. The number of aliphatic hydroxyl groups is 1. The Morgan fingerprint density at radius 2 is 1.83 bits per heavy atom. The molecule has 0 bridgehead atoms. The van der Waals surface area contributed by atoms with Crippen LogP contribution in [-0.2, 0) is 14.4 Å². The fourth-order valence-corrected chi connectivity index (χ4v) is 2.32. The van der Waals surface area contributed by atoms with E-state index < -0.39 is 29.9 Å². The van der Waals surface area contributed by atoms with Crippen molar-refractivity contribution in [3.63, 3.8) is 0 Å². The Balaban J connectivity index is 2.55. The second-order valence-corrected chi connectivity index (χ2v) is 5.74. The number of amides is 3. The summed E-state index contributed by atoms with van der Waals surface area (Å²) in [5.41, 5.74) is 5.87. The number of carbonyl (C=O) groups excluding carboxylic acids is 3. The Morgan fingerprint density at radius 3 is 2.38 bits per heavy atom. The molecule has 0 heterocycles. The monoisotopic (exact) mass is 335 g/mol. The number of nitrogens with one attached hydrogen (secondary N) is 2. The van der Waals surface area contributed by atoms with Crippen molar-refractivity contribution < 1.29 is 19.5 Å². The molecule has 0 aliphatic carbocycles. The summed E-state index contributed by atoms with van der Waals surface area (Å²) < 4.78 is 0. The number of primary amides is 1. The molecule has 3 amide bonds. The smallest absolute Gasteiger partial charge is 0.249 e. The molecule has 1 aromatic rings. The van der Waals surface area contributed by atoms with Gasteiger partial charge in [0, 0.05) is 0 Å². The standard InChI is InChI=1S/C17H25N3O4/c1-3-7-11(2)15(22)17(24)19-10-13(21)20-14(16(18)23)12-8-5-4-6-9-12/h4-6,8-9,11,14-15,22H,3,7,10H2,1-2H3,(H2,18,23)(H,19,24)(H,20,21). The van der Waals surface area contributed by atoms with E-state index in [1.165, 1.54) is 0 Å². The topological polar surface area (TPSA) is 122 Å². The average Bonchev–Trinajstić information content (AvgIpc) is 2.57. The molecule has 0 aliphatic rings. The first-order chi connectivity index (χ1) is 11.4. The van der Waals surface area contributed by atoms with Gasteiger partial charge in [0.1, 0.15) is 12.1 Å². The second-order valence-electron chi connectivity index (χ2n) is 5.74. The third-order valence-corrected chi connectivity index (χ3v) is 3.70. The van der Waals surface area contributed by atoms with Crippen LogP contribution in [0.2, 0.25) is 0 Å². The van der Waals surface area contributed by atoms with Crippen LogP contribution >= 0.6 is 0 Å². The summed E-state index contributed by atoms with van der Waals surface area (Å²) in [6.07, 6.45) is 0.390. The van der Waals surface area contributed by atoms with Gasteiger partial charge in [-0.05, 0) is 17.9 Å². The minimum atomic E-state index is -1.17. The molecular weight excluding hydrogens is 310 g/mol. The number of carbonyl (C=O) groups is 3. The maximum Gasteiger partial charge on any atom is 0.249 e. The van der Waals surface area contributed by atoms with Gasteiger partial charge in [0.05, 0.1) is 6.54 Å². The van der Waals surface area contributed by atoms with Gasteiger partial charge in [0.25, 0.3) is 0 Å². The van der Waals surface area contributed by atoms with E-state index in [9.17, 15) is 19.5 Å². The van der Waals surface area contributed by atoms with Crippen LogP contribution in [0.3, 0.4) is 0 Å². The van der Waals surface area contributed by atoms with Crippen molar-refractivity contribution in [3.05, 3.63) is 35.9 Å². The van der Waals surface area contributed by atoms with Gasteiger partial charge < -0.3 is 21.5 Å². The molecule has 0 fully saturated rings. The maximum absolute atomic E-state index is 11.9. The fraction of sp³-hybridized carbons (Fsp3) is 0.471. The highest BCUT2D eigenvalue weighted by atomic mass is 16.3. The van der Waals surface area contributed by atoms with Crippen LogP contribution < -0.4 is 16.4 Å². The van der Waals surface area contributed by atoms with Crippen LogP contribution in [0.4, 0.5) is 0 Å². The summed E-state index contributed by atoms with van der Waals surface area (Å²) in [7, 11) is 0. The minimum Gasteiger partial charge on any atom is -0.383 e. The molecule has 5 N–H and O–H groups in total. The molecule has 0 saturated heterocycles. The Kier molecular flexibility index (Phi) is 7.91. The van der Waals surface area contributed by atoms with Gasteiger partial charge in [0.15, 0.2) is 0 Å². The normalized spacial score (nSPS) is 14.3. The summed E-state index contributed by atoms with van der Waals surface area (Å²) in [6, 6.07) is 7.60. The van der Waals surface area contributed by atoms with Crippen LogP contribution in [0.1, 0.15) is 38.3 Å². The van der Waals surface area contributed by atoms with E-state index >= 15 is 0 Å². The molecule has 1 rings (SSSR count). The molecule has 132 valence electrons. The van der Waals surface area contributed by atoms with Gasteiger partial charge in [-0.15, -0.1) is 0 Å². The molecule has 0 aliphatic heterocycles. The highest BCUT2D eigenvalue weighted by Gasteiger charge is 2.23. The molecule has 3 atom stereocenters. The molecule has 7 heteroatoms. The summed E-state index contributed by atoms with van der Waals surface area (Å²) in [5, 5.41) is 14.7. The lowest BCUT2D eigenvalue weighted by Crippen LogP contribution is -2.46. The molecule has 0 aromatic heterocycles. The van der Waals surface area contributed by atoms with E-state index in [4.69, 9.17) is 5.73 Å². The van der Waals surface area contributed by atoms with Gasteiger partial charge in [0.2, 0.25) is 17.7 Å². The zero-order chi connectivity index (χ0) is 18.1. The molecule has 1 aromatic carbocycles. The average molecular weight is 335 g/mol. The zero-order valence-electron chi connectivity index (χ0n) is 14.0. The van der Waals surface area contributed by atoms with Gasteiger partial charge in [-0.25, -0.2) is 0 Å². The van der Waals surface area contributed by atoms with E-state index in [0.29, 0.717) is 12.0 Å². The van der Waals surface area contributed by atoms with Crippen LogP contribution in [-0.4, -0.2) is 35.5 Å². The van der Waals surface area contributed by atoms with Gasteiger partial charge in [-0.2, -0.15) is 0 Å². The number of nitrogens with two attached hydrogens (primary N) is 1. The Bertz CT molecular complexity index is 562. The van der Waals surface area contributed by atoms with Crippen LogP contribution in [0.15, 0.2) is 30.3 Å². The largest absolute Gasteiger partial charge is 0.383 e. The van der Waals surface area contributed by atoms with Crippen molar-refractivity contribution in [2.75, 3.05) is 6.54 Å². The number of hydrogen-bond donors (Lipinski definition) is 4. The van der Waals surface area contributed by atoms with Crippen molar-refractivity contribution in [1.82, 2.24) is 10.6 Å². The Labute approximate surface area is 141 Å². The summed E-state index contributed by atoms with van der Waals surface area (Å²) in [5.74, 6) is -2.06. The maximum atomic E-state index is 11.9. The van der Waals surface area contributed by atoms with E-state index in [1.54, 1.807) is 37.3 Å². The molecule has 24 heavy (non-hydrogen) atoms. The lowest BCUT2D eigenvalue weighted by atomic mass is 9.99. The van der Waals surface area contributed by atoms with Crippen molar-refractivity contribution in [1.29, 1.82) is 0 Å². The summed E-state index contributed by atoms with van der Waals surface area (Å²) in [6.45, 7) is 3.39. The molecule has 0 radical (unpaired) electrons. The van der Waals surface area contributed by atoms with Crippen molar-refractivity contribution in [3.8, 4) is 0 Å². The van der Waals surface area contributed by atoms with Gasteiger partial charge in [-0.3, -0.25) is 14.4 Å². The molecule has 0 saturated carbocycles. The molecule has 0 spiro atoms. The minimum absolute atomic E-state index is 0.194. The first kappa shape index (κ1) is 19.6. The van der Waals surface area contributed by atoms with Crippen molar-refractivity contribution in [2.45, 2.75) is 38.8 Å². The van der Waals surface area contributed by atoms with Crippen LogP contribution in [0.25, 0.3) is 0 Å². The van der Waals surface area contributed by atoms with Gasteiger partial charge in [-0.1, -0.05) is 50.6 Å². The third-order valence-electron chi connectivity index (χ3n) is 3.70. The number of aliphatic hydroxyl groups excluding tert-OH is 1. The fourth-order valence-electron chi connectivity index (χ4n) is 2.32. The Hall–Kier alpha value is -2.41. The van der Waals surface area contributed by atoms with Crippen molar-refractivity contribution >= 4 is 17.7 Å². The predicted octanol–water partition coefficient (Wildman–Crippen LogP) is 0.243. The molecule has 7 nitrogen and oxygen atoms in total. The number of benzene rings is 1. The van der Waals surface area contributed by atoms with Gasteiger partial charge >= 0.3 is 0 Å². The van der Waals surface area contributed by atoms with E-state index in [1.807, 2.05) is 6.92 Å². The quantitative estimate of drug-likeness (QED) is 0.516. The first-order valence-electron chi connectivity index (χ1n) is 7.96. The van der Waals surface area contributed by atoms with E-state index in [-0.39, 0.29) is 12.5 Å². The number of rotatable bonds is 9. The van der Waals surface area contributed by atoms with E-state index in [0.717, 1.165) is 6.42 Å². The SMILES string of the molecule is CCCC(C)C(O)C(=O)NCC(=O)NC(C(N)=O)c1ccccc1. The number of hydrogen-bond acceptors (Lipinski definition) is 4. The third kappa shape index (κ3) is 6.00. The molecular formula is C17H25N3O4. The van der Waals surface area contributed by atoms with E-state index in [2.05, 4.69) is 10.6 Å². The first-order valence-corrected chi connectivity index (χ1v) is 7.96. The molecule has 3 unspecified atom stereocenters. The highest BCUT2D eigenvalue weighted by molar-refractivity contribution is 5.90.